The minimum absolute atomic E-state index is 0.166. The zero-order valence-electron chi connectivity index (χ0n) is 8.24. The van der Waals surface area contributed by atoms with Gasteiger partial charge in [-0.3, -0.25) is 4.79 Å². The van der Waals surface area contributed by atoms with Crippen molar-refractivity contribution in [2.45, 2.75) is 6.92 Å². The van der Waals surface area contributed by atoms with E-state index in [0.29, 0.717) is 11.4 Å². The Morgan fingerprint density at radius 3 is 2.53 bits per heavy atom. The molecule has 0 radical (unpaired) electrons. The van der Waals surface area contributed by atoms with Crippen LogP contribution in [0.25, 0.3) is 0 Å². The van der Waals surface area contributed by atoms with Gasteiger partial charge in [0.05, 0.1) is 4.88 Å². The highest BCUT2D eigenvalue weighted by molar-refractivity contribution is 7.13. The van der Waals surface area contributed by atoms with Gasteiger partial charge in [0.25, 0.3) is 5.91 Å². The van der Waals surface area contributed by atoms with Gasteiger partial charge in [0, 0.05) is 18.0 Å². The average Bonchev–Trinajstić information content (AvgIpc) is 2.59. The van der Waals surface area contributed by atoms with E-state index in [1.54, 1.807) is 6.07 Å². The Morgan fingerprint density at radius 1 is 1.33 bits per heavy atom. The minimum atomic E-state index is -1.09. The third-order valence-electron chi connectivity index (χ3n) is 1.65. The van der Waals surface area contributed by atoms with Crippen LogP contribution < -0.4 is 10.6 Å². The SMILES string of the molecule is Cc1ccc(C(=O)NCCNC(=O)O)s1. The van der Waals surface area contributed by atoms with E-state index in [9.17, 15) is 9.59 Å². The molecule has 0 saturated carbocycles. The van der Waals surface area contributed by atoms with Gasteiger partial charge in [0.1, 0.15) is 0 Å². The first-order valence-corrected chi connectivity index (χ1v) is 5.22. The van der Waals surface area contributed by atoms with Gasteiger partial charge < -0.3 is 15.7 Å². The monoisotopic (exact) mass is 228 g/mol. The molecule has 0 fully saturated rings. The van der Waals surface area contributed by atoms with Crippen LogP contribution in [0.5, 0.6) is 0 Å². The lowest BCUT2D eigenvalue weighted by atomic mass is 10.4. The quantitative estimate of drug-likeness (QED) is 0.674. The maximum Gasteiger partial charge on any atom is 0.404 e. The Morgan fingerprint density at radius 2 is 2.00 bits per heavy atom. The summed E-state index contributed by atoms with van der Waals surface area (Å²) < 4.78 is 0. The maximum absolute atomic E-state index is 11.4. The van der Waals surface area contributed by atoms with Gasteiger partial charge in [-0.05, 0) is 19.1 Å². The molecule has 15 heavy (non-hydrogen) atoms. The molecule has 1 aromatic heterocycles. The molecule has 0 unspecified atom stereocenters. The maximum atomic E-state index is 11.4. The number of rotatable bonds is 4. The van der Waals surface area contributed by atoms with Crippen LogP contribution in [0.4, 0.5) is 4.79 Å². The summed E-state index contributed by atoms with van der Waals surface area (Å²) in [6, 6.07) is 3.62. The van der Waals surface area contributed by atoms with Gasteiger partial charge in [0.2, 0.25) is 0 Å². The Balaban J connectivity index is 2.28. The van der Waals surface area contributed by atoms with Gasteiger partial charge >= 0.3 is 6.09 Å². The van der Waals surface area contributed by atoms with Crippen LogP contribution in [0.3, 0.4) is 0 Å². The lowest BCUT2D eigenvalue weighted by Crippen LogP contribution is -2.33. The largest absolute Gasteiger partial charge is 0.465 e. The third kappa shape index (κ3) is 3.99. The Kier molecular flexibility index (Phi) is 4.11. The molecule has 0 saturated heterocycles. The number of aryl methyl sites for hydroxylation is 1. The lowest BCUT2D eigenvalue weighted by Gasteiger charge is -2.02. The Labute approximate surface area is 91.1 Å². The zero-order valence-corrected chi connectivity index (χ0v) is 9.06. The predicted octanol–water partition coefficient (Wildman–Crippen LogP) is 1.05. The summed E-state index contributed by atoms with van der Waals surface area (Å²) in [5.74, 6) is -0.166. The number of carbonyl (C=O) groups excluding carboxylic acids is 1. The number of carbonyl (C=O) groups is 2. The van der Waals surface area contributed by atoms with E-state index < -0.39 is 6.09 Å². The molecule has 1 heterocycles. The van der Waals surface area contributed by atoms with Crippen molar-refractivity contribution in [2.24, 2.45) is 0 Å². The molecule has 0 aliphatic heterocycles. The highest BCUT2D eigenvalue weighted by Crippen LogP contribution is 2.14. The molecule has 0 bridgehead atoms. The Bertz CT molecular complexity index is 362. The first kappa shape index (κ1) is 11.5. The summed E-state index contributed by atoms with van der Waals surface area (Å²) >= 11 is 1.41. The summed E-state index contributed by atoms with van der Waals surface area (Å²) in [6.45, 7) is 2.43. The highest BCUT2D eigenvalue weighted by Gasteiger charge is 2.06. The van der Waals surface area contributed by atoms with Crippen molar-refractivity contribution in [3.8, 4) is 0 Å². The van der Waals surface area contributed by atoms with Gasteiger partial charge in [-0.15, -0.1) is 11.3 Å². The second-order valence-electron chi connectivity index (χ2n) is 2.90. The molecule has 0 aromatic carbocycles. The molecule has 1 aromatic rings. The predicted molar refractivity (Wildman–Crippen MR) is 57.4 cm³/mol. The van der Waals surface area contributed by atoms with Crippen LogP contribution in [-0.2, 0) is 0 Å². The van der Waals surface area contributed by atoms with Crippen LogP contribution in [0.1, 0.15) is 14.5 Å². The number of hydrogen-bond donors (Lipinski definition) is 3. The van der Waals surface area contributed by atoms with E-state index in [2.05, 4.69) is 10.6 Å². The molecule has 6 heteroatoms. The van der Waals surface area contributed by atoms with E-state index in [1.165, 1.54) is 11.3 Å². The van der Waals surface area contributed by atoms with Gasteiger partial charge in [-0.2, -0.15) is 0 Å². The Hall–Kier alpha value is -1.56. The van der Waals surface area contributed by atoms with E-state index in [1.807, 2.05) is 13.0 Å². The van der Waals surface area contributed by atoms with Gasteiger partial charge in [0.15, 0.2) is 0 Å². The summed E-state index contributed by atoms with van der Waals surface area (Å²) in [7, 11) is 0. The van der Waals surface area contributed by atoms with Crippen LogP contribution in [0, 0.1) is 6.92 Å². The number of amides is 2. The second-order valence-corrected chi connectivity index (χ2v) is 4.19. The minimum Gasteiger partial charge on any atom is -0.465 e. The molecular weight excluding hydrogens is 216 g/mol. The lowest BCUT2D eigenvalue weighted by molar-refractivity contribution is 0.0957. The zero-order chi connectivity index (χ0) is 11.3. The van der Waals surface area contributed by atoms with Crippen LogP contribution in [-0.4, -0.2) is 30.2 Å². The molecule has 0 aliphatic carbocycles. The number of thiophene rings is 1. The third-order valence-corrected chi connectivity index (χ3v) is 2.65. The normalized spacial score (nSPS) is 9.67. The number of nitrogens with one attached hydrogen (secondary N) is 2. The summed E-state index contributed by atoms with van der Waals surface area (Å²) in [6.07, 6.45) is -1.09. The van der Waals surface area contributed by atoms with Gasteiger partial charge in [-0.25, -0.2) is 4.79 Å². The van der Waals surface area contributed by atoms with Crippen LogP contribution in [0.15, 0.2) is 12.1 Å². The first-order chi connectivity index (χ1) is 7.09. The van der Waals surface area contributed by atoms with E-state index in [4.69, 9.17) is 5.11 Å². The summed E-state index contributed by atoms with van der Waals surface area (Å²) in [5.41, 5.74) is 0. The van der Waals surface area contributed by atoms with Crippen molar-refractivity contribution >= 4 is 23.3 Å². The van der Waals surface area contributed by atoms with Crippen molar-refractivity contribution in [3.63, 3.8) is 0 Å². The number of hydrogen-bond acceptors (Lipinski definition) is 3. The van der Waals surface area contributed by atoms with Gasteiger partial charge in [-0.1, -0.05) is 0 Å². The fourth-order valence-corrected chi connectivity index (χ4v) is 1.77. The molecule has 0 aliphatic rings. The number of carboxylic acid groups (broad SMARTS) is 1. The summed E-state index contributed by atoms with van der Waals surface area (Å²) in [5, 5.41) is 13.1. The fourth-order valence-electron chi connectivity index (χ4n) is 0.989. The van der Waals surface area contributed by atoms with Crippen LogP contribution in [0.2, 0.25) is 0 Å². The van der Waals surface area contributed by atoms with E-state index in [0.717, 1.165) is 4.88 Å². The van der Waals surface area contributed by atoms with Crippen LogP contribution >= 0.6 is 11.3 Å². The molecular formula is C9H12N2O3S. The molecule has 0 spiro atoms. The molecule has 1 rings (SSSR count). The smallest absolute Gasteiger partial charge is 0.404 e. The molecule has 3 N–H and O–H groups in total. The molecule has 2 amide bonds. The highest BCUT2D eigenvalue weighted by atomic mass is 32.1. The molecule has 0 atom stereocenters. The van der Waals surface area contributed by atoms with Crippen molar-refractivity contribution in [1.29, 1.82) is 0 Å². The van der Waals surface area contributed by atoms with E-state index in [-0.39, 0.29) is 12.5 Å². The second kappa shape index (κ2) is 5.35. The van der Waals surface area contributed by atoms with Crippen molar-refractivity contribution < 1.29 is 14.7 Å². The fraction of sp³-hybridized carbons (Fsp3) is 0.333. The topological polar surface area (TPSA) is 78.4 Å². The first-order valence-electron chi connectivity index (χ1n) is 4.41. The standard InChI is InChI=1S/C9H12N2O3S/c1-6-2-3-7(15-6)8(12)10-4-5-11-9(13)14/h2-3,11H,4-5H2,1H3,(H,10,12)(H,13,14). The van der Waals surface area contributed by atoms with Crippen molar-refractivity contribution in [2.75, 3.05) is 13.1 Å². The molecule has 82 valence electrons. The summed E-state index contributed by atoms with van der Waals surface area (Å²) in [4.78, 5) is 23.2. The van der Waals surface area contributed by atoms with E-state index >= 15 is 0 Å². The van der Waals surface area contributed by atoms with Crippen molar-refractivity contribution in [1.82, 2.24) is 10.6 Å². The average molecular weight is 228 g/mol. The van der Waals surface area contributed by atoms with Crippen molar-refractivity contribution in [3.05, 3.63) is 21.9 Å². The molecule has 5 nitrogen and oxygen atoms in total.